The average molecular weight is 424 g/mol. The van der Waals surface area contributed by atoms with Gasteiger partial charge in [0.05, 0.1) is 17.6 Å². The topological polar surface area (TPSA) is 46.6 Å². The van der Waals surface area contributed by atoms with Crippen molar-refractivity contribution in [1.82, 2.24) is 4.90 Å². The standard InChI is InChI=1S/C25H29NO3S/c1-3-4-5-6-7-13-18-26-24(27)22(20-16-11-12-17-21(20)29-2)23(25(26)28)30-19-14-9-8-10-15-19/h8-12,14-17H,3-7,13,18H2,1-2H3. The van der Waals surface area contributed by atoms with Gasteiger partial charge in [0.2, 0.25) is 0 Å². The minimum atomic E-state index is -0.225. The summed E-state index contributed by atoms with van der Waals surface area (Å²) < 4.78 is 5.49. The van der Waals surface area contributed by atoms with E-state index in [0.29, 0.717) is 28.3 Å². The summed E-state index contributed by atoms with van der Waals surface area (Å²) in [6.45, 7) is 2.65. The smallest absolute Gasteiger partial charge is 0.268 e. The first-order valence-electron chi connectivity index (χ1n) is 10.6. The molecule has 1 aliphatic rings. The van der Waals surface area contributed by atoms with E-state index in [0.717, 1.165) is 24.2 Å². The van der Waals surface area contributed by atoms with Gasteiger partial charge in [0, 0.05) is 17.0 Å². The maximum atomic E-state index is 13.3. The molecule has 158 valence electrons. The van der Waals surface area contributed by atoms with Gasteiger partial charge in [0.1, 0.15) is 5.75 Å². The molecule has 3 rings (SSSR count). The first kappa shape index (κ1) is 22.2. The van der Waals surface area contributed by atoms with Crippen LogP contribution in [0.2, 0.25) is 0 Å². The molecule has 0 unspecified atom stereocenters. The van der Waals surface area contributed by atoms with E-state index in [9.17, 15) is 9.59 Å². The molecule has 30 heavy (non-hydrogen) atoms. The average Bonchev–Trinajstić information content (AvgIpc) is 3.00. The SMILES string of the molecule is CCCCCCCCN1C(=O)C(Sc2ccccc2)=C(c2ccccc2OC)C1=O. The molecule has 2 amide bonds. The molecular formula is C25H29NO3S. The van der Waals surface area contributed by atoms with Crippen molar-refractivity contribution in [2.75, 3.05) is 13.7 Å². The van der Waals surface area contributed by atoms with Crippen LogP contribution in [-0.2, 0) is 9.59 Å². The number of unbranched alkanes of at least 4 members (excludes halogenated alkanes) is 5. The normalized spacial score (nSPS) is 14.0. The fraction of sp³-hybridized carbons (Fsp3) is 0.360. The lowest BCUT2D eigenvalue weighted by molar-refractivity contribution is -0.136. The molecule has 2 aromatic carbocycles. The third kappa shape index (κ3) is 5.14. The highest BCUT2D eigenvalue weighted by Crippen LogP contribution is 2.42. The molecule has 0 atom stereocenters. The Hall–Kier alpha value is -2.53. The van der Waals surface area contributed by atoms with Gasteiger partial charge in [-0.3, -0.25) is 14.5 Å². The van der Waals surface area contributed by atoms with E-state index >= 15 is 0 Å². The number of amides is 2. The fourth-order valence-corrected chi connectivity index (χ4v) is 4.62. The fourth-order valence-electron chi connectivity index (χ4n) is 3.60. The van der Waals surface area contributed by atoms with Crippen LogP contribution in [0.1, 0.15) is 51.0 Å². The van der Waals surface area contributed by atoms with Crippen molar-refractivity contribution in [3.63, 3.8) is 0 Å². The summed E-state index contributed by atoms with van der Waals surface area (Å²) in [5.74, 6) is 0.168. The molecule has 1 aliphatic heterocycles. The Bertz CT molecular complexity index is 908. The highest BCUT2D eigenvalue weighted by molar-refractivity contribution is 8.04. The number of carbonyl (C=O) groups excluding carboxylic acids is 2. The molecule has 0 aliphatic carbocycles. The number of hydrogen-bond donors (Lipinski definition) is 0. The van der Waals surface area contributed by atoms with E-state index in [-0.39, 0.29) is 11.8 Å². The number of ether oxygens (including phenoxy) is 1. The van der Waals surface area contributed by atoms with Crippen molar-refractivity contribution in [3.8, 4) is 5.75 Å². The molecule has 2 aromatic rings. The van der Waals surface area contributed by atoms with Crippen molar-refractivity contribution < 1.29 is 14.3 Å². The second-order valence-electron chi connectivity index (χ2n) is 7.35. The molecule has 0 bridgehead atoms. The maximum absolute atomic E-state index is 13.3. The Morgan fingerprint density at radius 2 is 1.50 bits per heavy atom. The zero-order chi connectivity index (χ0) is 21.3. The highest BCUT2D eigenvalue weighted by atomic mass is 32.2. The Kier molecular flexibility index (Phi) is 8.14. The Morgan fingerprint density at radius 1 is 0.833 bits per heavy atom. The molecule has 0 N–H and O–H groups in total. The van der Waals surface area contributed by atoms with Gasteiger partial charge in [-0.25, -0.2) is 0 Å². The van der Waals surface area contributed by atoms with Gasteiger partial charge >= 0.3 is 0 Å². The van der Waals surface area contributed by atoms with Gasteiger partial charge in [-0.1, -0.05) is 87.2 Å². The van der Waals surface area contributed by atoms with Crippen LogP contribution in [0, 0.1) is 0 Å². The number of hydrogen-bond acceptors (Lipinski definition) is 4. The van der Waals surface area contributed by atoms with E-state index in [1.165, 1.54) is 35.9 Å². The van der Waals surface area contributed by atoms with Crippen LogP contribution in [0.5, 0.6) is 5.75 Å². The largest absolute Gasteiger partial charge is 0.496 e. The van der Waals surface area contributed by atoms with E-state index in [2.05, 4.69) is 6.92 Å². The van der Waals surface area contributed by atoms with Crippen molar-refractivity contribution in [2.24, 2.45) is 0 Å². The summed E-state index contributed by atoms with van der Waals surface area (Å²) >= 11 is 1.35. The van der Waals surface area contributed by atoms with Crippen LogP contribution in [0.25, 0.3) is 5.57 Å². The zero-order valence-electron chi connectivity index (χ0n) is 17.7. The first-order valence-corrected chi connectivity index (χ1v) is 11.5. The van der Waals surface area contributed by atoms with Crippen LogP contribution < -0.4 is 4.74 Å². The molecule has 0 fully saturated rings. The van der Waals surface area contributed by atoms with Crippen LogP contribution in [-0.4, -0.2) is 30.4 Å². The van der Waals surface area contributed by atoms with Gasteiger partial charge in [0.25, 0.3) is 11.8 Å². The molecule has 1 heterocycles. The van der Waals surface area contributed by atoms with Gasteiger partial charge < -0.3 is 4.74 Å². The second-order valence-corrected chi connectivity index (χ2v) is 8.43. The number of carbonyl (C=O) groups is 2. The van der Waals surface area contributed by atoms with Crippen LogP contribution in [0.3, 0.4) is 0 Å². The zero-order valence-corrected chi connectivity index (χ0v) is 18.5. The lowest BCUT2D eigenvalue weighted by Crippen LogP contribution is -2.32. The third-order valence-electron chi connectivity index (χ3n) is 5.20. The number of benzene rings is 2. The Balaban J connectivity index is 1.85. The lowest BCUT2D eigenvalue weighted by Gasteiger charge is -2.15. The van der Waals surface area contributed by atoms with Crippen LogP contribution in [0.15, 0.2) is 64.4 Å². The third-order valence-corrected chi connectivity index (χ3v) is 6.29. The Morgan fingerprint density at radius 3 is 2.23 bits per heavy atom. The van der Waals surface area contributed by atoms with E-state index < -0.39 is 0 Å². The molecule has 5 heteroatoms. The van der Waals surface area contributed by atoms with Crippen molar-refractivity contribution in [3.05, 3.63) is 65.1 Å². The van der Waals surface area contributed by atoms with E-state index in [4.69, 9.17) is 4.74 Å². The summed E-state index contributed by atoms with van der Waals surface area (Å²) in [5, 5.41) is 0. The highest BCUT2D eigenvalue weighted by Gasteiger charge is 2.40. The van der Waals surface area contributed by atoms with Crippen molar-refractivity contribution in [2.45, 2.75) is 50.3 Å². The van der Waals surface area contributed by atoms with Gasteiger partial charge in [0.15, 0.2) is 0 Å². The molecule has 0 saturated heterocycles. The number of thioether (sulfide) groups is 1. The molecule has 0 saturated carbocycles. The summed E-state index contributed by atoms with van der Waals surface area (Å²) in [6.07, 6.45) is 6.65. The summed E-state index contributed by atoms with van der Waals surface area (Å²) in [4.78, 5) is 29.4. The van der Waals surface area contributed by atoms with Gasteiger partial charge in [-0.05, 0) is 24.6 Å². The van der Waals surface area contributed by atoms with Crippen molar-refractivity contribution >= 4 is 29.1 Å². The second kappa shape index (κ2) is 11.0. The van der Waals surface area contributed by atoms with E-state index in [1.54, 1.807) is 7.11 Å². The van der Waals surface area contributed by atoms with Gasteiger partial charge in [-0.2, -0.15) is 0 Å². The monoisotopic (exact) mass is 423 g/mol. The summed E-state index contributed by atoms with van der Waals surface area (Å²) in [5.41, 5.74) is 1.11. The predicted octanol–water partition coefficient (Wildman–Crippen LogP) is 5.93. The predicted molar refractivity (Wildman–Crippen MR) is 122 cm³/mol. The van der Waals surface area contributed by atoms with Crippen LogP contribution in [0.4, 0.5) is 0 Å². The number of para-hydroxylation sites is 1. The number of nitrogens with zero attached hydrogens (tertiary/aromatic N) is 1. The van der Waals surface area contributed by atoms with Crippen LogP contribution >= 0.6 is 11.8 Å². The van der Waals surface area contributed by atoms with Gasteiger partial charge in [-0.15, -0.1) is 0 Å². The molecule has 0 radical (unpaired) electrons. The molecule has 0 aromatic heterocycles. The molecule has 4 nitrogen and oxygen atoms in total. The maximum Gasteiger partial charge on any atom is 0.268 e. The number of methoxy groups -OCH3 is 1. The minimum absolute atomic E-state index is 0.205. The molecular weight excluding hydrogens is 394 g/mol. The minimum Gasteiger partial charge on any atom is -0.496 e. The summed E-state index contributed by atoms with van der Waals surface area (Å²) in [6, 6.07) is 17.1. The Labute approximate surface area is 183 Å². The lowest BCUT2D eigenvalue weighted by atomic mass is 10.0. The van der Waals surface area contributed by atoms with E-state index in [1.807, 2.05) is 54.6 Å². The van der Waals surface area contributed by atoms with Crippen molar-refractivity contribution in [1.29, 1.82) is 0 Å². The number of rotatable bonds is 11. The number of imide groups is 1. The first-order chi connectivity index (χ1) is 14.7. The quantitative estimate of drug-likeness (QED) is 0.332. The summed E-state index contributed by atoms with van der Waals surface area (Å²) in [7, 11) is 1.58. The molecule has 0 spiro atoms.